The summed E-state index contributed by atoms with van der Waals surface area (Å²) in [5, 5.41) is 6.26. The summed E-state index contributed by atoms with van der Waals surface area (Å²) in [4.78, 5) is 11.6. The molecule has 4 nitrogen and oxygen atoms in total. The number of carbonyl (C=O) groups is 1. The van der Waals surface area contributed by atoms with Crippen LogP contribution in [0, 0.1) is 5.92 Å². The minimum Gasteiger partial charge on any atom is -0.379 e. The van der Waals surface area contributed by atoms with E-state index in [0.29, 0.717) is 24.9 Å². The zero-order chi connectivity index (χ0) is 12.0. The van der Waals surface area contributed by atoms with Gasteiger partial charge in [0.15, 0.2) is 0 Å². The highest BCUT2D eigenvalue weighted by atomic mass is 35.5. The van der Waals surface area contributed by atoms with Gasteiger partial charge in [0.25, 0.3) is 0 Å². The van der Waals surface area contributed by atoms with Crippen molar-refractivity contribution in [1.82, 2.24) is 10.6 Å². The molecule has 2 unspecified atom stereocenters. The van der Waals surface area contributed by atoms with Crippen molar-refractivity contribution in [3.63, 3.8) is 0 Å². The number of nitrogens with one attached hydrogen (secondary N) is 2. The van der Waals surface area contributed by atoms with Crippen LogP contribution >= 0.6 is 12.4 Å². The number of hydrogen-bond donors (Lipinski definition) is 2. The Labute approximate surface area is 110 Å². The summed E-state index contributed by atoms with van der Waals surface area (Å²) < 4.78 is 5.30. The van der Waals surface area contributed by atoms with E-state index >= 15 is 0 Å². The minimum atomic E-state index is 0. The lowest BCUT2D eigenvalue weighted by atomic mass is 10.1. The molecular formula is C12H25ClN2O2. The predicted octanol–water partition coefficient (Wildman–Crippen LogP) is 1.34. The lowest BCUT2D eigenvalue weighted by Gasteiger charge is -2.20. The lowest BCUT2D eigenvalue weighted by Crippen LogP contribution is -2.38. The van der Waals surface area contributed by atoms with Crippen molar-refractivity contribution in [2.45, 2.75) is 45.3 Å². The molecule has 102 valence electrons. The monoisotopic (exact) mass is 264 g/mol. The van der Waals surface area contributed by atoms with Crippen molar-refractivity contribution >= 4 is 18.3 Å². The third-order valence-electron chi connectivity index (χ3n) is 3.14. The number of carbonyl (C=O) groups excluding carboxylic acids is 1. The van der Waals surface area contributed by atoms with Gasteiger partial charge in [0.1, 0.15) is 0 Å². The second-order valence-corrected chi connectivity index (χ2v) is 4.82. The van der Waals surface area contributed by atoms with Gasteiger partial charge in [-0.2, -0.15) is 0 Å². The molecule has 17 heavy (non-hydrogen) atoms. The van der Waals surface area contributed by atoms with Gasteiger partial charge in [-0.15, -0.1) is 12.4 Å². The van der Waals surface area contributed by atoms with Crippen LogP contribution in [0.1, 0.15) is 33.1 Å². The van der Waals surface area contributed by atoms with Gasteiger partial charge < -0.3 is 15.4 Å². The van der Waals surface area contributed by atoms with Crippen LogP contribution < -0.4 is 10.6 Å². The Morgan fingerprint density at radius 3 is 2.71 bits per heavy atom. The molecule has 1 saturated heterocycles. The molecule has 1 fully saturated rings. The summed E-state index contributed by atoms with van der Waals surface area (Å²) in [7, 11) is 1.69. The average molecular weight is 265 g/mol. The van der Waals surface area contributed by atoms with Gasteiger partial charge in [0.05, 0.1) is 6.10 Å². The summed E-state index contributed by atoms with van der Waals surface area (Å²) in [5.41, 5.74) is 0. The normalized spacial score (nSPS) is 21.1. The van der Waals surface area contributed by atoms with Gasteiger partial charge in [-0.3, -0.25) is 4.79 Å². The Bertz CT molecular complexity index is 219. The molecule has 2 N–H and O–H groups in total. The molecule has 1 amide bonds. The molecule has 1 rings (SSSR count). The Morgan fingerprint density at radius 1 is 1.53 bits per heavy atom. The Kier molecular flexibility index (Phi) is 8.56. The van der Waals surface area contributed by atoms with Gasteiger partial charge in [-0.05, 0) is 25.3 Å². The third kappa shape index (κ3) is 6.24. The highest BCUT2D eigenvalue weighted by Gasteiger charge is 2.19. The first kappa shape index (κ1) is 16.7. The van der Waals surface area contributed by atoms with Crippen molar-refractivity contribution in [2.75, 3.05) is 20.2 Å². The van der Waals surface area contributed by atoms with Gasteiger partial charge in [0.2, 0.25) is 5.91 Å². The Balaban J connectivity index is 0.00000256. The van der Waals surface area contributed by atoms with Gasteiger partial charge in [-0.25, -0.2) is 0 Å². The highest BCUT2D eigenvalue weighted by molar-refractivity contribution is 5.85. The van der Waals surface area contributed by atoms with Crippen LogP contribution in [0.3, 0.4) is 0 Å². The fraction of sp³-hybridized carbons (Fsp3) is 0.917. The zero-order valence-electron chi connectivity index (χ0n) is 11.0. The SMILES string of the molecule is COC(CNC(=O)CC1CCCN1)C(C)C.Cl. The number of ether oxygens (including phenoxy) is 1. The standard InChI is InChI=1S/C12H24N2O2.ClH/c1-9(2)11(16-3)8-14-12(15)7-10-5-4-6-13-10;/h9-11,13H,4-8H2,1-3H3,(H,14,15);1H. The van der Waals surface area contributed by atoms with Crippen molar-refractivity contribution < 1.29 is 9.53 Å². The molecule has 1 heterocycles. The summed E-state index contributed by atoms with van der Waals surface area (Å²) >= 11 is 0. The van der Waals surface area contributed by atoms with E-state index in [1.807, 2.05) is 0 Å². The quantitative estimate of drug-likeness (QED) is 0.761. The fourth-order valence-electron chi connectivity index (χ4n) is 2.03. The molecule has 0 bridgehead atoms. The summed E-state index contributed by atoms with van der Waals surface area (Å²) in [6.45, 7) is 5.85. The van der Waals surface area contributed by atoms with Crippen molar-refractivity contribution in [2.24, 2.45) is 5.92 Å². The van der Waals surface area contributed by atoms with Crippen LogP contribution in [0.5, 0.6) is 0 Å². The molecule has 0 aromatic heterocycles. The fourth-order valence-corrected chi connectivity index (χ4v) is 2.03. The predicted molar refractivity (Wildman–Crippen MR) is 71.5 cm³/mol. The van der Waals surface area contributed by atoms with E-state index in [9.17, 15) is 4.79 Å². The van der Waals surface area contributed by atoms with Gasteiger partial charge in [-0.1, -0.05) is 13.8 Å². The molecule has 1 aliphatic rings. The molecule has 0 spiro atoms. The molecule has 0 radical (unpaired) electrons. The Morgan fingerprint density at radius 2 is 2.24 bits per heavy atom. The first-order valence-corrected chi connectivity index (χ1v) is 6.16. The number of hydrogen-bond acceptors (Lipinski definition) is 3. The van der Waals surface area contributed by atoms with Crippen LogP contribution in [-0.4, -0.2) is 38.3 Å². The van der Waals surface area contributed by atoms with E-state index in [2.05, 4.69) is 24.5 Å². The average Bonchev–Trinajstić information content (AvgIpc) is 2.70. The molecular weight excluding hydrogens is 240 g/mol. The number of amides is 1. The molecule has 1 aliphatic heterocycles. The molecule has 0 aliphatic carbocycles. The highest BCUT2D eigenvalue weighted by Crippen LogP contribution is 2.08. The van der Waals surface area contributed by atoms with E-state index in [4.69, 9.17) is 4.74 Å². The van der Waals surface area contributed by atoms with Crippen molar-refractivity contribution in [3.8, 4) is 0 Å². The molecule has 0 aromatic rings. The first-order chi connectivity index (χ1) is 7.63. The number of rotatable bonds is 6. The number of methoxy groups -OCH3 is 1. The van der Waals surface area contributed by atoms with Gasteiger partial charge in [0, 0.05) is 26.1 Å². The maximum atomic E-state index is 11.6. The van der Waals surface area contributed by atoms with Crippen molar-refractivity contribution in [1.29, 1.82) is 0 Å². The van der Waals surface area contributed by atoms with E-state index in [0.717, 1.165) is 13.0 Å². The topological polar surface area (TPSA) is 50.4 Å². The van der Waals surface area contributed by atoms with Gasteiger partial charge >= 0.3 is 0 Å². The zero-order valence-corrected chi connectivity index (χ0v) is 11.8. The van der Waals surface area contributed by atoms with E-state index in [1.165, 1.54) is 6.42 Å². The summed E-state index contributed by atoms with van der Waals surface area (Å²) in [6.07, 6.45) is 3.00. The van der Waals surface area contributed by atoms with Crippen LogP contribution in [0.15, 0.2) is 0 Å². The second-order valence-electron chi connectivity index (χ2n) is 4.82. The molecule has 0 saturated carbocycles. The maximum Gasteiger partial charge on any atom is 0.221 e. The Hall–Kier alpha value is -0.320. The van der Waals surface area contributed by atoms with Crippen LogP contribution in [0.4, 0.5) is 0 Å². The summed E-state index contributed by atoms with van der Waals surface area (Å²) in [5.74, 6) is 0.553. The van der Waals surface area contributed by atoms with Crippen LogP contribution in [0.25, 0.3) is 0 Å². The number of halogens is 1. The first-order valence-electron chi connectivity index (χ1n) is 6.16. The molecule has 0 aromatic carbocycles. The van der Waals surface area contributed by atoms with E-state index in [-0.39, 0.29) is 24.4 Å². The van der Waals surface area contributed by atoms with Crippen LogP contribution in [0.2, 0.25) is 0 Å². The van der Waals surface area contributed by atoms with E-state index < -0.39 is 0 Å². The van der Waals surface area contributed by atoms with E-state index in [1.54, 1.807) is 7.11 Å². The smallest absolute Gasteiger partial charge is 0.221 e. The lowest BCUT2D eigenvalue weighted by molar-refractivity contribution is -0.122. The summed E-state index contributed by atoms with van der Waals surface area (Å²) in [6, 6.07) is 0.375. The minimum absolute atomic E-state index is 0. The largest absolute Gasteiger partial charge is 0.379 e. The molecule has 5 heteroatoms. The molecule has 2 atom stereocenters. The maximum absolute atomic E-state index is 11.6. The second kappa shape index (κ2) is 8.72. The third-order valence-corrected chi connectivity index (χ3v) is 3.14. The van der Waals surface area contributed by atoms with Crippen LogP contribution in [-0.2, 0) is 9.53 Å². The van der Waals surface area contributed by atoms with Crippen molar-refractivity contribution in [3.05, 3.63) is 0 Å².